The number of nitrogens with one attached hydrogen (secondary N) is 1. The van der Waals surface area contributed by atoms with Gasteiger partial charge < -0.3 is 5.32 Å². The van der Waals surface area contributed by atoms with Gasteiger partial charge in [0.2, 0.25) is 5.91 Å². The summed E-state index contributed by atoms with van der Waals surface area (Å²) >= 11 is 0. The molecule has 1 N–H and O–H groups in total. The largest absolute Gasteiger partial charge is 0.359 e. The lowest BCUT2D eigenvalue weighted by atomic mass is 10.0. The fourth-order valence-electron chi connectivity index (χ4n) is 0.940. The molecule has 0 aliphatic carbocycles. The monoisotopic (exact) mass is 157 g/mol. The molecule has 0 radical (unpaired) electrons. The Balaban J connectivity index is 3.20. The maximum atomic E-state index is 10.8. The second-order valence-electron chi connectivity index (χ2n) is 3.08. The van der Waals surface area contributed by atoms with E-state index in [1.54, 1.807) is 7.05 Å². The van der Waals surface area contributed by atoms with Crippen LogP contribution in [-0.2, 0) is 4.79 Å². The van der Waals surface area contributed by atoms with Crippen LogP contribution in [-0.4, -0.2) is 13.0 Å². The summed E-state index contributed by atoms with van der Waals surface area (Å²) in [4.78, 5) is 10.8. The minimum absolute atomic E-state index is 0.160. The van der Waals surface area contributed by atoms with E-state index in [9.17, 15) is 4.79 Å². The zero-order chi connectivity index (χ0) is 8.69. The molecule has 11 heavy (non-hydrogen) atoms. The van der Waals surface area contributed by atoms with Gasteiger partial charge in [0.25, 0.3) is 0 Å². The van der Waals surface area contributed by atoms with Crippen LogP contribution >= 0.6 is 0 Å². The summed E-state index contributed by atoms with van der Waals surface area (Å²) in [5.74, 6) is 0.924. The molecule has 0 saturated heterocycles. The molecule has 2 nitrogen and oxygen atoms in total. The minimum atomic E-state index is 0.160. The number of rotatable bonds is 5. The van der Waals surface area contributed by atoms with Gasteiger partial charge in [0.1, 0.15) is 0 Å². The summed E-state index contributed by atoms with van der Waals surface area (Å²) in [6.07, 6.45) is 4.09. The van der Waals surface area contributed by atoms with E-state index in [1.807, 2.05) is 0 Å². The zero-order valence-corrected chi connectivity index (χ0v) is 7.81. The first-order valence-electron chi connectivity index (χ1n) is 4.41. The van der Waals surface area contributed by atoms with Crippen molar-refractivity contribution in [1.29, 1.82) is 0 Å². The predicted molar refractivity (Wildman–Crippen MR) is 47.4 cm³/mol. The van der Waals surface area contributed by atoms with E-state index in [-0.39, 0.29) is 5.91 Å². The van der Waals surface area contributed by atoms with E-state index >= 15 is 0 Å². The molecule has 0 aromatic rings. The molecule has 1 unspecified atom stereocenters. The molecule has 0 aromatic carbocycles. The number of carbonyl (C=O) groups excluding carboxylic acids is 1. The average molecular weight is 157 g/mol. The number of hydrogen-bond acceptors (Lipinski definition) is 1. The third-order valence-corrected chi connectivity index (χ3v) is 2.08. The van der Waals surface area contributed by atoms with E-state index in [4.69, 9.17) is 0 Å². The van der Waals surface area contributed by atoms with Crippen molar-refractivity contribution in [3.05, 3.63) is 0 Å². The molecule has 0 bridgehead atoms. The van der Waals surface area contributed by atoms with Crippen LogP contribution in [0.15, 0.2) is 0 Å². The molecule has 66 valence electrons. The quantitative estimate of drug-likeness (QED) is 0.649. The molecule has 2 heteroatoms. The van der Waals surface area contributed by atoms with Crippen LogP contribution in [0.5, 0.6) is 0 Å². The second kappa shape index (κ2) is 6.20. The predicted octanol–water partition coefficient (Wildman–Crippen LogP) is 1.95. The molecule has 0 saturated carbocycles. The highest BCUT2D eigenvalue weighted by atomic mass is 16.1. The van der Waals surface area contributed by atoms with Gasteiger partial charge in [0, 0.05) is 13.5 Å². The maximum Gasteiger partial charge on any atom is 0.219 e. The third kappa shape index (κ3) is 5.89. The first kappa shape index (κ1) is 10.5. The molecule has 0 aliphatic rings. The number of hydrogen-bond donors (Lipinski definition) is 1. The van der Waals surface area contributed by atoms with E-state index in [1.165, 1.54) is 12.8 Å². The van der Waals surface area contributed by atoms with Crippen molar-refractivity contribution >= 4 is 5.91 Å². The van der Waals surface area contributed by atoms with Crippen LogP contribution in [0.4, 0.5) is 0 Å². The molecule has 0 heterocycles. The van der Waals surface area contributed by atoms with Crippen LogP contribution in [0.2, 0.25) is 0 Å². The van der Waals surface area contributed by atoms with Crippen LogP contribution in [0.3, 0.4) is 0 Å². The number of amides is 1. The fraction of sp³-hybridized carbons (Fsp3) is 0.889. The molecule has 0 rings (SSSR count). The maximum absolute atomic E-state index is 10.8. The Kier molecular flexibility index (Phi) is 5.90. The highest BCUT2D eigenvalue weighted by Gasteiger charge is 2.01. The van der Waals surface area contributed by atoms with Crippen LogP contribution < -0.4 is 5.32 Å². The fourth-order valence-corrected chi connectivity index (χ4v) is 0.940. The summed E-state index contributed by atoms with van der Waals surface area (Å²) in [6.45, 7) is 4.41. The Hall–Kier alpha value is -0.530. The average Bonchev–Trinajstić information content (AvgIpc) is 2.04. The Morgan fingerprint density at radius 1 is 1.55 bits per heavy atom. The summed E-state index contributed by atoms with van der Waals surface area (Å²) in [5, 5.41) is 2.62. The molecule has 0 spiro atoms. The molecule has 0 fully saturated rings. The summed E-state index contributed by atoms with van der Waals surface area (Å²) in [7, 11) is 1.69. The van der Waals surface area contributed by atoms with Crippen molar-refractivity contribution in [2.45, 2.75) is 39.5 Å². The van der Waals surface area contributed by atoms with Crippen molar-refractivity contribution in [2.75, 3.05) is 7.05 Å². The Morgan fingerprint density at radius 3 is 2.64 bits per heavy atom. The first-order valence-corrected chi connectivity index (χ1v) is 4.41. The Morgan fingerprint density at radius 2 is 2.18 bits per heavy atom. The first-order chi connectivity index (χ1) is 5.20. The second-order valence-corrected chi connectivity index (χ2v) is 3.08. The van der Waals surface area contributed by atoms with E-state index in [0.717, 1.165) is 12.3 Å². The smallest absolute Gasteiger partial charge is 0.219 e. The topological polar surface area (TPSA) is 29.1 Å². The van der Waals surface area contributed by atoms with Gasteiger partial charge in [0.15, 0.2) is 0 Å². The normalized spacial score (nSPS) is 12.6. The van der Waals surface area contributed by atoms with Gasteiger partial charge in [-0.3, -0.25) is 4.79 Å². The molecule has 0 aromatic heterocycles. The van der Waals surface area contributed by atoms with Crippen molar-refractivity contribution in [3.8, 4) is 0 Å². The van der Waals surface area contributed by atoms with Gasteiger partial charge in [-0.05, 0) is 12.3 Å². The van der Waals surface area contributed by atoms with Gasteiger partial charge in [-0.2, -0.15) is 0 Å². The zero-order valence-electron chi connectivity index (χ0n) is 7.81. The SMILES string of the molecule is CCC(C)CCCC(=O)NC. The molecule has 1 atom stereocenters. The lowest BCUT2D eigenvalue weighted by Crippen LogP contribution is -2.17. The van der Waals surface area contributed by atoms with Gasteiger partial charge >= 0.3 is 0 Å². The van der Waals surface area contributed by atoms with E-state index in [2.05, 4.69) is 19.2 Å². The van der Waals surface area contributed by atoms with Crippen molar-refractivity contribution in [1.82, 2.24) is 5.32 Å². The van der Waals surface area contributed by atoms with Gasteiger partial charge in [-0.1, -0.05) is 26.7 Å². The van der Waals surface area contributed by atoms with Crippen LogP contribution in [0.1, 0.15) is 39.5 Å². The summed E-state index contributed by atoms with van der Waals surface area (Å²) in [5.41, 5.74) is 0. The highest BCUT2D eigenvalue weighted by Crippen LogP contribution is 2.10. The summed E-state index contributed by atoms with van der Waals surface area (Å²) < 4.78 is 0. The van der Waals surface area contributed by atoms with Gasteiger partial charge in [-0.15, -0.1) is 0 Å². The number of carbonyl (C=O) groups is 1. The lowest BCUT2D eigenvalue weighted by Gasteiger charge is -2.06. The van der Waals surface area contributed by atoms with Crippen molar-refractivity contribution < 1.29 is 4.79 Å². The van der Waals surface area contributed by atoms with Crippen LogP contribution in [0.25, 0.3) is 0 Å². The molecule has 1 amide bonds. The van der Waals surface area contributed by atoms with Crippen molar-refractivity contribution in [3.63, 3.8) is 0 Å². The van der Waals surface area contributed by atoms with E-state index in [0.29, 0.717) is 6.42 Å². The van der Waals surface area contributed by atoms with Gasteiger partial charge in [-0.25, -0.2) is 0 Å². The lowest BCUT2D eigenvalue weighted by molar-refractivity contribution is -0.120. The van der Waals surface area contributed by atoms with E-state index < -0.39 is 0 Å². The third-order valence-electron chi connectivity index (χ3n) is 2.08. The van der Waals surface area contributed by atoms with Gasteiger partial charge in [0.05, 0.1) is 0 Å². The molecular formula is C9H19NO. The standard InChI is InChI=1S/C9H19NO/c1-4-8(2)6-5-7-9(11)10-3/h8H,4-7H2,1-3H3,(H,10,11). The molecular weight excluding hydrogens is 138 g/mol. The Labute approximate surface area is 69.4 Å². The Bertz CT molecular complexity index is 112. The summed E-state index contributed by atoms with van der Waals surface area (Å²) in [6, 6.07) is 0. The molecule has 0 aliphatic heterocycles. The van der Waals surface area contributed by atoms with Crippen LogP contribution in [0, 0.1) is 5.92 Å². The minimum Gasteiger partial charge on any atom is -0.359 e. The van der Waals surface area contributed by atoms with Crippen molar-refractivity contribution in [2.24, 2.45) is 5.92 Å². The highest BCUT2D eigenvalue weighted by molar-refractivity contribution is 5.75.